The van der Waals surface area contributed by atoms with Gasteiger partial charge in [-0.2, -0.15) is 17.7 Å². The van der Waals surface area contributed by atoms with Crippen molar-refractivity contribution in [2.75, 3.05) is 13.1 Å². The predicted molar refractivity (Wildman–Crippen MR) is 102 cm³/mol. The Morgan fingerprint density at radius 3 is 2.62 bits per heavy atom. The monoisotopic (exact) mass is 426 g/mol. The number of likely N-dealkylation sites (tertiary alicyclic amines) is 1. The van der Waals surface area contributed by atoms with Gasteiger partial charge >= 0.3 is 6.18 Å². The molecular formula is C19H21F3N4O2S. The molecule has 0 aliphatic carbocycles. The van der Waals surface area contributed by atoms with E-state index >= 15 is 0 Å². The molecule has 156 valence electrons. The Hall–Kier alpha value is -2.17. The molecule has 3 aromatic rings. The third kappa shape index (κ3) is 3.84. The number of aromatic hydroxyl groups is 1. The maximum atomic E-state index is 13.3. The summed E-state index contributed by atoms with van der Waals surface area (Å²) in [4.78, 5) is 7.37. The van der Waals surface area contributed by atoms with E-state index in [1.165, 1.54) is 21.9 Å². The van der Waals surface area contributed by atoms with E-state index in [0.717, 1.165) is 12.1 Å². The van der Waals surface area contributed by atoms with E-state index in [4.69, 9.17) is 0 Å². The molecule has 0 radical (unpaired) electrons. The van der Waals surface area contributed by atoms with Gasteiger partial charge in [0.2, 0.25) is 10.8 Å². The number of nitrogens with zero attached hydrogens (tertiary/aromatic N) is 4. The smallest absolute Gasteiger partial charge is 0.416 e. The lowest BCUT2D eigenvalue weighted by molar-refractivity contribution is -0.137. The van der Waals surface area contributed by atoms with Crippen LogP contribution in [0.15, 0.2) is 24.3 Å². The number of aliphatic hydroxyl groups is 1. The van der Waals surface area contributed by atoms with E-state index in [-0.39, 0.29) is 5.88 Å². The van der Waals surface area contributed by atoms with Crippen molar-refractivity contribution < 1.29 is 23.4 Å². The molecule has 2 N–H and O–H groups in total. The van der Waals surface area contributed by atoms with Crippen molar-refractivity contribution in [2.45, 2.75) is 44.5 Å². The molecule has 0 bridgehead atoms. The molecule has 1 fully saturated rings. The Balaban J connectivity index is 1.81. The number of rotatable bonds is 4. The summed E-state index contributed by atoms with van der Waals surface area (Å²) in [6, 6.07) is 4.60. The van der Waals surface area contributed by atoms with E-state index in [9.17, 15) is 23.4 Å². The van der Waals surface area contributed by atoms with Gasteiger partial charge in [0.1, 0.15) is 0 Å². The number of aromatic nitrogens is 3. The van der Waals surface area contributed by atoms with Crippen molar-refractivity contribution in [1.29, 1.82) is 0 Å². The molecule has 2 aromatic heterocycles. The van der Waals surface area contributed by atoms with Crippen molar-refractivity contribution >= 4 is 16.3 Å². The fourth-order valence-electron chi connectivity index (χ4n) is 3.68. The Kier molecular flexibility index (Phi) is 5.26. The molecular weight excluding hydrogens is 405 g/mol. The first-order chi connectivity index (χ1) is 13.8. The SMILES string of the molecule is CCc1nc2sc([C@@H](c3cccc(C(F)(F)F)c3)N3CCC(O)CC3)c(O)n2n1. The van der Waals surface area contributed by atoms with Gasteiger partial charge in [0, 0.05) is 19.5 Å². The minimum Gasteiger partial charge on any atom is -0.492 e. The van der Waals surface area contributed by atoms with Gasteiger partial charge < -0.3 is 10.2 Å². The fourth-order valence-corrected chi connectivity index (χ4v) is 4.81. The summed E-state index contributed by atoms with van der Waals surface area (Å²) >= 11 is 1.22. The second kappa shape index (κ2) is 7.58. The third-order valence-corrected chi connectivity index (χ3v) is 6.27. The second-order valence-electron chi connectivity index (χ2n) is 7.16. The lowest BCUT2D eigenvalue weighted by Crippen LogP contribution is -2.38. The van der Waals surface area contributed by atoms with Crippen LogP contribution in [-0.2, 0) is 12.6 Å². The first kappa shape index (κ1) is 20.1. The van der Waals surface area contributed by atoms with Crippen molar-refractivity contribution in [3.05, 3.63) is 46.1 Å². The molecule has 3 heterocycles. The average Bonchev–Trinajstić information content (AvgIpc) is 3.23. The summed E-state index contributed by atoms with van der Waals surface area (Å²) < 4.78 is 41.2. The lowest BCUT2D eigenvalue weighted by atomic mass is 9.97. The van der Waals surface area contributed by atoms with Crippen LogP contribution in [0.2, 0.25) is 0 Å². The molecule has 0 amide bonds. The summed E-state index contributed by atoms with van der Waals surface area (Å²) in [6.45, 7) is 2.92. The minimum atomic E-state index is -4.46. The van der Waals surface area contributed by atoms with Crippen LogP contribution >= 0.6 is 11.3 Å². The predicted octanol–water partition coefficient (Wildman–Crippen LogP) is 3.62. The summed E-state index contributed by atoms with van der Waals surface area (Å²) in [5, 5.41) is 24.9. The topological polar surface area (TPSA) is 73.9 Å². The molecule has 1 aromatic carbocycles. The molecule has 1 aliphatic rings. The van der Waals surface area contributed by atoms with Gasteiger partial charge in [-0.3, -0.25) is 4.90 Å². The van der Waals surface area contributed by atoms with Crippen LogP contribution in [0.5, 0.6) is 5.88 Å². The number of benzene rings is 1. The molecule has 1 atom stereocenters. The molecule has 1 aliphatic heterocycles. The molecule has 1 saturated heterocycles. The van der Waals surface area contributed by atoms with Crippen LogP contribution in [0.3, 0.4) is 0 Å². The van der Waals surface area contributed by atoms with Gasteiger partial charge in [0.05, 0.1) is 22.6 Å². The highest BCUT2D eigenvalue weighted by molar-refractivity contribution is 7.17. The van der Waals surface area contributed by atoms with Gasteiger partial charge in [-0.15, -0.1) is 5.10 Å². The van der Waals surface area contributed by atoms with E-state index in [1.807, 2.05) is 11.8 Å². The van der Waals surface area contributed by atoms with Crippen molar-refractivity contribution in [3.63, 3.8) is 0 Å². The van der Waals surface area contributed by atoms with Gasteiger partial charge in [0.15, 0.2) is 5.82 Å². The highest BCUT2D eigenvalue weighted by Gasteiger charge is 2.35. The highest BCUT2D eigenvalue weighted by atomic mass is 32.1. The normalized spacial score (nSPS) is 17.8. The maximum Gasteiger partial charge on any atom is 0.416 e. The van der Waals surface area contributed by atoms with Crippen molar-refractivity contribution in [3.8, 4) is 5.88 Å². The van der Waals surface area contributed by atoms with Crippen LogP contribution in [0.4, 0.5) is 13.2 Å². The lowest BCUT2D eigenvalue weighted by Gasteiger charge is -2.36. The van der Waals surface area contributed by atoms with Crippen LogP contribution < -0.4 is 0 Å². The zero-order chi connectivity index (χ0) is 20.8. The summed E-state index contributed by atoms with van der Waals surface area (Å²) in [6.07, 6.45) is -3.21. The van der Waals surface area contributed by atoms with E-state index in [2.05, 4.69) is 10.1 Å². The highest BCUT2D eigenvalue weighted by Crippen LogP contribution is 2.42. The number of aliphatic hydroxyl groups excluding tert-OH is 1. The Labute approximate surface area is 169 Å². The van der Waals surface area contributed by atoms with Crippen LogP contribution in [0.25, 0.3) is 4.96 Å². The number of thiazole rings is 1. The Bertz CT molecular complexity index is 1010. The van der Waals surface area contributed by atoms with Gasteiger partial charge in [-0.1, -0.05) is 30.4 Å². The average molecular weight is 426 g/mol. The zero-order valence-electron chi connectivity index (χ0n) is 15.7. The number of hydrogen-bond acceptors (Lipinski definition) is 6. The number of piperidine rings is 1. The summed E-state index contributed by atoms with van der Waals surface area (Å²) in [5.74, 6) is 0.487. The third-order valence-electron chi connectivity index (χ3n) is 5.20. The standard InChI is InChI=1S/C19H21F3N4O2S/c1-2-14-23-18-26(24-14)17(28)16(29-18)15(25-8-6-13(27)7-9-25)11-4-3-5-12(10-11)19(20,21)22/h3-5,10,13,15,27-28H,2,6-9H2,1H3/t15-/m1/s1. The second-order valence-corrected chi connectivity index (χ2v) is 8.17. The van der Waals surface area contributed by atoms with Crippen molar-refractivity contribution in [2.24, 2.45) is 0 Å². The Morgan fingerprint density at radius 2 is 2.00 bits per heavy atom. The largest absolute Gasteiger partial charge is 0.492 e. The fraction of sp³-hybridized carbons (Fsp3) is 0.474. The van der Waals surface area contributed by atoms with Gasteiger partial charge in [-0.25, -0.2) is 4.98 Å². The van der Waals surface area contributed by atoms with Gasteiger partial charge in [-0.05, 0) is 30.5 Å². The summed E-state index contributed by atoms with van der Waals surface area (Å²) in [5.41, 5.74) is -0.295. The molecule has 6 nitrogen and oxygen atoms in total. The van der Waals surface area contributed by atoms with Crippen LogP contribution in [0, 0.1) is 0 Å². The minimum absolute atomic E-state index is 0.106. The summed E-state index contributed by atoms with van der Waals surface area (Å²) in [7, 11) is 0. The van der Waals surface area contributed by atoms with Crippen LogP contribution in [0.1, 0.15) is 47.6 Å². The molecule has 0 spiro atoms. The van der Waals surface area contributed by atoms with E-state index < -0.39 is 23.9 Å². The number of alkyl halides is 3. The number of hydrogen-bond donors (Lipinski definition) is 2. The first-order valence-electron chi connectivity index (χ1n) is 9.44. The van der Waals surface area contributed by atoms with Crippen molar-refractivity contribution in [1.82, 2.24) is 19.5 Å². The molecule has 29 heavy (non-hydrogen) atoms. The molecule has 4 rings (SSSR count). The van der Waals surface area contributed by atoms with Gasteiger partial charge in [0.25, 0.3) is 0 Å². The maximum absolute atomic E-state index is 13.3. The zero-order valence-corrected chi connectivity index (χ0v) is 16.5. The molecule has 0 saturated carbocycles. The van der Waals surface area contributed by atoms with E-state index in [1.54, 1.807) is 6.07 Å². The molecule has 0 unspecified atom stereocenters. The van der Waals surface area contributed by atoms with Crippen LogP contribution in [-0.4, -0.2) is 48.9 Å². The number of halogens is 3. The first-order valence-corrected chi connectivity index (χ1v) is 10.3. The van der Waals surface area contributed by atoms with E-state index in [0.29, 0.717) is 53.6 Å². The Morgan fingerprint density at radius 1 is 1.28 bits per heavy atom. The number of aryl methyl sites for hydroxylation is 1. The molecule has 10 heteroatoms. The number of fused-ring (bicyclic) bond motifs is 1. The quantitative estimate of drug-likeness (QED) is 0.667.